The predicted octanol–water partition coefficient (Wildman–Crippen LogP) is 4.60. The van der Waals surface area contributed by atoms with Crippen LogP contribution in [0.15, 0.2) is 24.2 Å². The zero-order chi connectivity index (χ0) is 13.1. The van der Waals surface area contributed by atoms with Gasteiger partial charge in [-0.25, -0.2) is 0 Å². The summed E-state index contributed by atoms with van der Waals surface area (Å²) in [6.07, 6.45) is 8.50. The van der Waals surface area contributed by atoms with Crippen molar-refractivity contribution in [3.05, 3.63) is 24.2 Å². The first-order chi connectivity index (χ1) is 7.76. The number of ether oxygens (including phenoxy) is 1. The van der Waals surface area contributed by atoms with Crippen LogP contribution in [0.2, 0.25) is 18.1 Å². The van der Waals surface area contributed by atoms with E-state index < -0.39 is 8.32 Å². The van der Waals surface area contributed by atoms with E-state index in [1.165, 1.54) is 0 Å². The lowest BCUT2D eigenvalue weighted by atomic mass is 10.1. The van der Waals surface area contributed by atoms with Crippen molar-refractivity contribution in [1.82, 2.24) is 0 Å². The molecule has 0 saturated heterocycles. The van der Waals surface area contributed by atoms with Crippen LogP contribution in [0.5, 0.6) is 0 Å². The molecule has 1 aliphatic rings. The molecular weight excluding hydrogens is 228 g/mol. The van der Waals surface area contributed by atoms with E-state index in [0.717, 1.165) is 18.8 Å². The van der Waals surface area contributed by atoms with E-state index in [2.05, 4.69) is 46.0 Å². The summed E-state index contributed by atoms with van der Waals surface area (Å²) >= 11 is 0. The molecule has 0 N–H and O–H groups in total. The van der Waals surface area contributed by atoms with E-state index >= 15 is 0 Å². The van der Waals surface area contributed by atoms with Gasteiger partial charge in [-0.3, -0.25) is 0 Å². The van der Waals surface area contributed by atoms with Crippen LogP contribution in [0.1, 0.15) is 40.5 Å². The van der Waals surface area contributed by atoms with Crippen LogP contribution in [0.25, 0.3) is 0 Å². The molecule has 17 heavy (non-hydrogen) atoms. The van der Waals surface area contributed by atoms with Gasteiger partial charge in [-0.1, -0.05) is 26.8 Å². The highest BCUT2D eigenvalue weighted by Crippen LogP contribution is 2.38. The third-order valence-electron chi connectivity index (χ3n) is 3.60. The fourth-order valence-corrected chi connectivity index (χ4v) is 2.38. The van der Waals surface area contributed by atoms with Crippen molar-refractivity contribution in [2.24, 2.45) is 0 Å². The normalized spacial score (nSPS) is 22.2. The van der Waals surface area contributed by atoms with Gasteiger partial charge in [0.2, 0.25) is 0 Å². The summed E-state index contributed by atoms with van der Waals surface area (Å²) in [6, 6.07) is 0. The fraction of sp³-hybridized carbons (Fsp3) is 0.714. The number of rotatable bonds is 3. The van der Waals surface area contributed by atoms with E-state index in [-0.39, 0.29) is 11.1 Å². The molecule has 0 saturated carbocycles. The van der Waals surface area contributed by atoms with E-state index in [4.69, 9.17) is 9.16 Å². The molecule has 1 aliphatic heterocycles. The average molecular weight is 254 g/mol. The Hall–Kier alpha value is -0.703. The topological polar surface area (TPSA) is 18.5 Å². The highest BCUT2D eigenvalue weighted by molar-refractivity contribution is 6.74. The van der Waals surface area contributed by atoms with Gasteiger partial charge in [-0.15, -0.1) is 0 Å². The Morgan fingerprint density at radius 2 is 2.06 bits per heavy atom. The molecule has 0 spiro atoms. The van der Waals surface area contributed by atoms with Crippen molar-refractivity contribution in [3.8, 4) is 0 Å². The molecule has 1 atom stereocenters. The molecule has 1 heterocycles. The number of hydrogen-bond acceptors (Lipinski definition) is 2. The monoisotopic (exact) mass is 254 g/mol. The largest absolute Gasteiger partial charge is 0.519 e. The number of allylic oxidation sites excluding steroid dienone is 2. The quantitative estimate of drug-likeness (QED) is 0.541. The molecule has 2 nitrogen and oxygen atoms in total. The zero-order valence-electron chi connectivity index (χ0n) is 12.0. The van der Waals surface area contributed by atoms with Crippen molar-refractivity contribution in [2.45, 2.75) is 64.8 Å². The third-order valence-corrected chi connectivity index (χ3v) is 7.92. The van der Waals surface area contributed by atoms with Gasteiger partial charge in [0.15, 0.2) is 0 Å². The summed E-state index contributed by atoms with van der Waals surface area (Å²) in [4.78, 5) is 0. The second-order valence-electron chi connectivity index (χ2n) is 6.14. The minimum absolute atomic E-state index is 0.185. The molecule has 0 aromatic carbocycles. The molecule has 0 unspecified atom stereocenters. The van der Waals surface area contributed by atoms with Crippen molar-refractivity contribution in [3.63, 3.8) is 0 Å². The SMILES string of the molecule is C/C=C/[C@H]1CCC=C(O[Si](C)(C)C(C)(C)C)O1. The van der Waals surface area contributed by atoms with Crippen LogP contribution in [0.4, 0.5) is 0 Å². The Bertz CT molecular complexity index is 311. The van der Waals surface area contributed by atoms with Crippen molar-refractivity contribution in [2.75, 3.05) is 0 Å². The molecule has 0 radical (unpaired) electrons. The van der Waals surface area contributed by atoms with Gasteiger partial charge in [-0.05, 0) is 50.0 Å². The van der Waals surface area contributed by atoms with Gasteiger partial charge in [0.1, 0.15) is 6.10 Å². The Morgan fingerprint density at radius 1 is 1.41 bits per heavy atom. The second-order valence-corrected chi connectivity index (χ2v) is 10.9. The summed E-state index contributed by atoms with van der Waals surface area (Å²) in [6.45, 7) is 13.2. The maximum Gasteiger partial charge on any atom is 0.261 e. The summed E-state index contributed by atoms with van der Waals surface area (Å²) < 4.78 is 12.0. The minimum Gasteiger partial charge on any atom is -0.519 e. The summed E-state index contributed by atoms with van der Waals surface area (Å²) in [5.41, 5.74) is 0. The second kappa shape index (κ2) is 5.30. The fourth-order valence-electron chi connectivity index (χ4n) is 1.44. The summed E-state index contributed by atoms with van der Waals surface area (Å²) in [5, 5.41) is 0.213. The first kappa shape index (κ1) is 14.4. The lowest BCUT2D eigenvalue weighted by Gasteiger charge is -2.38. The first-order valence-electron chi connectivity index (χ1n) is 6.45. The van der Waals surface area contributed by atoms with Gasteiger partial charge in [0, 0.05) is 0 Å². The van der Waals surface area contributed by atoms with Crippen molar-refractivity contribution >= 4 is 8.32 Å². The molecule has 0 aromatic rings. The van der Waals surface area contributed by atoms with E-state index in [1.54, 1.807) is 0 Å². The van der Waals surface area contributed by atoms with Gasteiger partial charge in [0.25, 0.3) is 14.3 Å². The molecule has 0 bridgehead atoms. The summed E-state index contributed by atoms with van der Waals surface area (Å²) in [7, 11) is -1.76. The van der Waals surface area contributed by atoms with Crippen LogP contribution in [-0.2, 0) is 9.16 Å². The molecular formula is C14H26O2Si. The molecule has 98 valence electrons. The van der Waals surface area contributed by atoms with Crippen LogP contribution in [0.3, 0.4) is 0 Å². The molecule has 1 rings (SSSR count). The maximum atomic E-state index is 6.16. The molecule has 0 aromatic heterocycles. The lowest BCUT2D eigenvalue weighted by Crippen LogP contribution is -2.41. The molecule has 0 amide bonds. The van der Waals surface area contributed by atoms with Crippen LogP contribution in [0, 0.1) is 0 Å². The van der Waals surface area contributed by atoms with Gasteiger partial charge >= 0.3 is 0 Å². The summed E-state index contributed by atoms with van der Waals surface area (Å²) in [5.74, 6) is 0.742. The lowest BCUT2D eigenvalue weighted by molar-refractivity contribution is 0.0452. The smallest absolute Gasteiger partial charge is 0.261 e. The third kappa shape index (κ3) is 3.91. The zero-order valence-corrected chi connectivity index (χ0v) is 13.0. The van der Waals surface area contributed by atoms with Crippen LogP contribution < -0.4 is 0 Å². The Kier molecular flexibility index (Phi) is 4.47. The van der Waals surface area contributed by atoms with Crippen LogP contribution in [-0.4, -0.2) is 14.4 Å². The van der Waals surface area contributed by atoms with E-state index in [0.29, 0.717) is 0 Å². The molecule has 0 fully saturated rings. The predicted molar refractivity (Wildman–Crippen MR) is 75.3 cm³/mol. The molecule has 3 heteroatoms. The van der Waals surface area contributed by atoms with E-state index in [9.17, 15) is 0 Å². The first-order valence-corrected chi connectivity index (χ1v) is 9.36. The highest BCUT2D eigenvalue weighted by atomic mass is 28.4. The maximum absolute atomic E-state index is 6.16. The van der Waals surface area contributed by atoms with Gasteiger partial charge < -0.3 is 9.16 Å². The van der Waals surface area contributed by atoms with Crippen LogP contribution >= 0.6 is 0 Å². The Morgan fingerprint density at radius 3 is 2.59 bits per heavy atom. The highest BCUT2D eigenvalue weighted by Gasteiger charge is 2.40. The molecule has 0 aliphatic carbocycles. The number of hydrogen-bond donors (Lipinski definition) is 0. The average Bonchev–Trinajstić information content (AvgIpc) is 2.16. The standard InChI is InChI=1S/C14H26O2Si/c1-7-9-12-10-8-11-13(15-12)16-17(5,6)14(2,3)4/h7,9,11-12H,8,10H2,1-6H3/b9-7+/t12-/m0/s1. The minimum atomic E-state index is -1.76. The van der Waals surface area contributed by atoms with Gasteiger partial charge in [-0.2, -0.15) is 0 Å². The van der Waals surface area contributed by atoms with Crippen molar-refractivity contribution in [1.29, 1.82) is 0 Å². The Balaban J connectivity index is 2.66. The Labute approximate surface area is 107 Å². The van der Waals surface area contributed by atoms with Crippen molar-refractivity contribution < 1.29 is 9.16 Å². The van der Waals surface area contributed by atoms with Gasteiger partial charge in [0.05, 0.1) is 0 Å². The van der Waals surface area contributed by atoms with E-state index in [1.807, 2.05) is 13.0 Å².